The molecule has 0 aliphatic carbocycles. The smallest absolute Gasteiger partial charge is 0.269 e. The molecule has 3 aromatic carbocycles. The Morgan fingerprint density at radius 3 is 2.40 bits per heavy atom. The quantitative estimate of drug-likeness (QED) is 0.309. The molecule has 3 aromatic rings. The van der Waals surface area contributed by atoms with Crippen molar-refractivity contribution in [2.75, 3.05) is 55.6 Å². The molecule has 0 radical (unpaired) electrons. The van der Waals surface area contributed by atoms with Gasteiger partial charge in [0, 0.05) is 85.9 Å². The number of carbonyl (C=O) groups excluding carboxylic acids is 1. The zero-order valence-corrected chi connectivity index (χ0v) is 23.6. The summed E-state index contributed by atoms with van der Waals surface area (Å²) in [6.45, 7) is 5.86. The fraction of sp³-hybridized carbons (Fsp3) is 0.367. The van der Waals surface area contributed by atoms with Crippen LogP contribution >= 0.6 is 23.2 Å². The second-order valence-electron chi connectivity index (χ2n) is 10.8. The molecule has 3 aliphatic rings. The predicted octanol–water partition coefficient (Wildman–Crippen LogP) is 5.11. The first-order valence-electron chi connectivity index (χ1n) is 13.7. The molecule has 8 nitrogen and oxygen atoms in total. The Balaban J connectivity index is 1.23. The van der Waals surface area contributed by atoms with Crippen molar-refractivity contribution in [1.82, 2.24) is 9.80 Å². The monoisotopic (exact) mass is 579 g/mol. The number of rotatable bonds is 5. The molecular weight excluding hydrogens is 549 g/mol. The van der Waals surface area contributed by atoms with Gasteiger partial charge in [-0.2, -0.15) is 0 Å². The molecular formula is C30H31Cl2N5O3. The first kappa shape index (κ1) is 26.9. The van der Waals surface area contributed by atoms with Crippen molar-refractivity contribution < 1.29 is 9.72 Å². The van der Waals surface area contributed by atoms with Gasteiger partial charge in [-0.25, -0.2) is 0 Å². The predicted molar refractivity (Wildman–Crippen MR) is 158 cm³/mol. The lowest BCUT2D eigenvalue weighted by Gasteiger charge is -2.50. The number of halogens is 2. The minimum Gasteiger partial charge on any atom is -0.368 e. The van der Waals surface area contributed by atoms with Gasteiger partial charge in [-0.3, -0.25) is 19.8 Å². The first-order valence-corrected chi connectivity index (χ1v) is 14.4. The highest BCUT2D eigenvalue weighted by Crippen LogP contribution is 2.39. The molecule has 0 N–H and O–H groups in total. The van der Waals surface area contributed by atoms with Crippen molar-refractivity contribution >= 4 is 46.2 Å². The zero-order valence-electron chi connectivity index (χ0n) is 22.1. The summed E-state index contributed by atoms with van der Waals surface area (Å²) in [5.41, 5.74) is 4.21. The van der Waals surface area contributed by atoms with E-state index in [1.165, 1.54) is 5.56 Å². The number of nitro groups is 1. The van der Waals surface area contributed by atoms with Crippen molar-refractivity contribution in [3.05, 3.63) is 98.0 Å². The third kappa shape index (κ3) is 5.48. The number of hydrogen-bond acceptors (Lipinski definition) is 6. The van der Waals surface area contributed by atoms with Gasteiger partial charge in [-0.05, 0) is 53.9 Å². The van der Waals surface area contributed by atoms with Gasteiger partial charge in [-0.1, -0.05) is 41.4 Å². The minimum absolute atomic E-state index is 0.00605. The molecule has 0 bridgehead atoms. The second-order valence-corrected chi connectivity index (χ2v) is 11.7. The summed E-state index contributed by atoms with van der Waals surface area (Å²) in [7, 11) is 0. The number of anilines is 2. The summed E-state index contributed by atoms with van der Waals surface area (Å²) in [6.07, 6.45) is 0.500. The highest BCUT2D eigenvalue weighted by Gasteiger charge is 2.43. The van der Waals surface area contributed by atoms with Gasteiger partial charge in [0.2, 0.25) is 5.91 Å². The summed E-state index contributed by atoms with van der Waals surface area (Å²) in [4.78, 5) is 34.2. The van der Waals surface area contributed by atoms with Crippen molar-refractivity contribution in [2.45, 2.75) is 19.0 Å². The number of fused-ring (bicyclic) bond motifs is 3. The number of carbonyl (C=O) groups is 1. The molecule has 2 saturated heterocycles. The highest BCUT2D eigenvalue weighted by molar-refractivity contribution is 6.31. The second kappa shape index (κ2) is 11.3. The maximum atomic E-state index is 14.1. The molecule has 10 heteroatoms. The van der Waals surface area contributed by atoms with E-state index in [9.17, 15) is 14.9 Å². The van der Waals surface area contributed by atoms with Crippen LogP contribution in [0.3, 0.4) is 0 Å². The van der Waals surface area contributed by atoms with E-state index in [1.54, 1.807) is 12.1 Å². The molecule has 1 amide bonds. The van der Waals surface area contributed by atoms with Gasteiger partial charge in [-0.15, -0.1) is 0 Å². The summed E-state index contributed by atoms with van der Waals surface area (Å²) >= 11 is 12.3. The SMILES string of the molecule is O=C(C1Cc2cc([N+](=O)[O-])ccc2N2CCN(Cc3ccc(Cl)cc3)CC12)N1CCN(c2cccc(Cl)c2)CC1. The van der Waals surface area contributed by atoms with Gasteiger partial charge in [0.05, 0.1) is 16.9 Å². The van der Waals surface area contributed by atoms with E-state index in [4.69, 9.17) is 23.2 Å². The molecule has 0 aromatic heterocycles. The number of non-ortho nitro benzene ring substituents is 1. The van der Waals surface area contributed by atoms with Crippen molar-refractivity contribution in [2.24, 2.45) is 5.92 Å². The van der Waals surface area contributed by atoms with Crippen LogP contribution in [0.2, 0.25) is 10.0 Å². The molecule has 3 aliphatic heterocycles. The van der Waals surface area contributed by atoms with E-state index < -0.39 is 0 Å². The number of nitro benzene ring substituents is 1. The van der Waals surface area contributed by atoms with Crippen molar-refractivity contribution in [1.29, 1.82) is 0 Å². The van der Waals surface area contributed by atoms with Gasteiger partial charge in [0.1, 0.15) is 0 Å². The molecule has 0 saturated carbocycles. The van der Waals surface area contributed by atoms with E-state index in [2.05, 4.69) is 14.7 Å². The number of nitrogens with zero attached hydrogens (tertiary/aromatic N) is 5. The molecule has 2 atom stereocenters. The summed E-state index contributed by atoms with van der Waals surface area (Å²) in [5.74, 6) is -0.147. The lowest BCUT2D eigenvalue weighted by atomic mass is 9.82. The highest BCUT2D eigenvalue weighted by atomic mass is 35.5. The van der Waals surface area contributed by atoms with Gasteiger partial charge in [0.25, 0.3) is 5.69 Å². The van der Waals surface area contributed by atoms with Crippen LogP contribution in [0.1, 0.15) is 11.1 Å². The fourth-order valence-corrected chi connectivity index (χ4v) is 6.66. The molecule has 2 fully saturated rings. The number of hydrogen-bond donors (Lipinski definition) is 0. The summed E-state index contributed by atoms with van der Waals surface area (Å²) < 4.78 is 0. The van der Waals surface area contributed by atoms with Crippen molar-refractivity contribution in [3.63, 3.8) is 0 Å². The van der Waals surface area contributed by atoms with Crippen LogP contribution in [-0.4, -0.2) is 72.5 Å². The fourth-order valence-electron chi connectivity index (χ4n) is 6.35. The maximum Gasteiger partial charge on any atom is 0.269 e. The van der Waals surface area contributed by atoms with Crippen LogP contribution in [0.5, 0.6) is 0 Å². The lowest BCUT2D eigenvalue weighted by Crippen LogP contribution is -2.62. The van der Waals surface area contributed by atoms with Crippen LogP contribution in [-0.2, 0) is 17.8 Å². The van der Waals surface area contributed by atoms with Gasteiger partial charge in [0.15, 0.2) is 0 Å². The normalized spacial score (nSPS) is 21.1. The molecule has 2 unspecified atom stereocenters. The Labute approximate surface area is 243 Å². The van der Waals surface area contributed by atoms with Crippen LogP contribution in [0.15, 0.2) is 66.7 Å². The maximum absolute atomic E-state index is 14.1. The van der Waals surface area contributed by atoms with E-state index in [0.29, 0.717) is 29.6 Å². The first-order chi connectivity index (χ1) is 19.4. The van der Waals surface area contributed by atoms with E-state index in [-0.39, 0.29) is 28.5 Å². The Bertz CT molecular complexity index is 1410. The van der Waals surface area contributed by atoms with Crippen LogP contribution < -0.4 is 9.80 Å². The van der Waals surface area contributed by atoms with E-state index in [0.717, 1.165) is 56.2 Å². The third-order valence-electron chi connectivity index (χ3n) is 8.39. The van der Waals surface area contributed by atoms with Gasteiger partial charge < -0.3 is 14.7 Å². The van der Waals surface area contributed by atoms with Crippen molar-refractivity contribution in [3.8, 4) is 0 Å². The Hall–Kier alpha value is -3.33. The summed E-state index contributed by atoms with van der Waals surface area (Å²) in [6, 6.07) is 20.8. The van der Waals surface area contributed by atoms with Crippen LogP contribution in [0.25, 0.3) is 0 Å². The minimum atomic E-state index is -0.359. The third-order valence-corrected chi connectivity index (χ3v) is 8.88. The topological polar surface area (TPSA) is 73.2 Å². The average molecular weight is 581 g/mol. The number of benzene rings is 3. The number of piperazine rings is 2. The molecule has 0 spiro atoms. The molecule has 3 heterocycles. The standard InChI is InChI=1S/C30H31Cl2N5O3/c31-23-6-4-21(5-7-23)19-33-10-15-36-28-9-8-26(37(39)40)16-22(28)17-27(29(36)20-33)30(38)35-13-11-34(12-14-35)25-3-1-2-24(32)18-25/h1-9,16,18,27,29H,10-15,17,19-20H2. The van der Waals surface area contributed by atoms with Crippen LogP contribution in [0.4, 0.5) is 17.1 Å². The molecule has 6 rings (SSSR count). The lowest BCUT2D eigenvalue weighted by molar-refractivity contribution is -0.384. The largest absolute Gasteiger partial charge is 0.368 e. The van der Waals surface area contributed by atoms with Gasteiger partial charge >= 0.3 is 0 Å². The zero-order chi connectivity index (χ0) is 27.8. The Morgan fingerprint density at radius 2 is 1.68 bits per heavy atom. The van der Waals surface area contributed by atoms with E-state index >= 15 is 0 Å². The number of amides is 1. The average Bonchev–Trinajstić information content (AvgIpc) is 2.97. The Kier molecular flexibility index (Phi) is 7.57. The van der Waals surface area contributed by atoms with E-state index in [1.807, 2.05) is 59.5 Å². The molecule has 208 valence electrons. The van der Waals surface area contributed by atoms with Crippen LogP contribution in [0, 0.1) is 16.0 Å². The Morgan fingerprint density at radius 1 is 0.900 bits per heavy atom. The molecule has 40 heavy (non-hydrogen) atoms. The summed E-state index contributed by atoms with van der Waals surface area (Å²) in [5, 5.41) is 12.9.